The number of aliphatic hydroxyl groups excluding tert-OH is 1. The summed E-state index contributed by atoms with van der Waals surface area (Å²) in [5, 5.41) is 13.7. The molecule has 5 heteroatoms. The van der Waals surface area contributed by atoms with Crippen LogP contribution in [0.1, 0.15) is 31.2 Å². The lowest BCUT2D eigenvalue weighted by molar-refractivity contribution is 0.00251. The maximum Gasteiger partial charge on any atom is 0.128 e. The molecule has 1 atom stereocenters. The average Bonchev–Trinajstić information content (AvgIpc) is 3.41. The summed E-state index contributed by atoms with van der Waals surface area (Å²) in [6.07, 6.45) is 3.99. The molecule has 128 valence electrons. The van der Waals surface area contributed by atoms with Crippen LogP contribution in [0.5, 0.6) is 0 Å². The zero-order valence-corrected chi connectivity index (χ0v) is 13.5. The minimum absolute atomic E-state index is 0.130. The van der Waals surface area contributed by atoms with Gasteiger partial charge < -0.3 is 19.9 Å². The molecule has 0 radical (unpaired) electrons. The highest BCUT2D eigenvalue weighted by molar-refractivity contribution is 5.16. The molecule has 2 fully saturated rings. The van der Waals surface area contributed by atoms with Crippen LogP contribution in [0.25, 0.3) is 0 Å². The Labute approximate surface area is 137 Å². The van der Waals surface area contributed by atoms with Crippen molar-refractivity contribution in [2.45, 2.75) is 43.9 Å². The predicted molar refractivity (Wildman–Crippen MR) is 85.6 cm³/mol. The molecule has 1 aliphatic heterocycles. The third-order valence-electron chi connectivity index (χ3n) is 4.96. The molecule has 1 aliphatic carbocycles. The van der Waals surface area contributed by atoms with Gasteiger partial charge in [-0.25, -0.2) is 4.39 Å². The van der Waals surface area contributed by atoms with Crippen LogP contribution >= 0.6 is 0 Å². The zero-order valence-electron chi connectivity index (χ0n) is 13.5. The number of nitrogens with one attached hydrogen (secondary N) is 1. The molecule has 1 saturated heterocycles. The van der Waals surface area contributed by atoms with Gasteiger partial charge in [0.25, 0.3) is 0 Å². The highest BCUT2D eigenvalue weighted by Gasteiger charge is 2.45. The van der Waals surface area contributed by atoms with Crippen molar-refractivity contribution in [2.24, 2.45) is 5.92 Å². The van der Waals surface area contributed by atoms with Crippen molar-refractivity contribution < 1.29 is 19.0 Å². The highest BCUT2D eigenvalue weighted by Crippen LogP contribution is 2.44. The Balaban J connectivity index is 1.40. The van der Waals surface area contributed by atoms with E-state index < -0.39 is 6.10 Å². The number of rotatable bonds is 8. The van der Waals surface area contributed by atoms with E-state index >= 15 is 0 Å². The van der Waals surface area contributed by atoms with Gasteiger partial charge in [-0.3, -0.25) is 0 Å². The second-order valence-electron chi connectivity index (χ2n) is 6.68. The van der Waals surface area contributed by atoms with Gasteiger partial charge in [0.15, 0.2) is 0 Å². The maximum atomic E-state index is 13.5. The van der Waals surface area contributed by atoms with Gasteiger partial charge in [-0.05, 0) is 37.7 Å². The summed E-state index contributed by atoms with van der Waals surface area (Å²) in [5.41, 5.74) is 0.650. The van der Waals surface area contributed by atoms with E-state index in [2.05, 4.69) is 5.32 Å². The van der Waals surface area contributed by atoms with Gasteiger partial charge >= 0.3 is 0 Å². The topological polar surface area (TPSA) is 50.7 Å². The zero-order chi connectivity index (χ0) is 16.1. The van der Waals surface area contributed by atoms with Crippen molar-refractivity contribution in [3.05, 3.63) is 35.6 Å². The average molecular weight is 323 g/mol. The lowest BCUT2D eigenvalue weighted by Gasteiger charge is -2.39. The van der Waals surface area contributed by atoms with Gasteiger partial charge in [-0.2, -0.15) is 0 Å². The first kappa shape index (κ1) is 16.8. The van der Waals surface area contributed by atoms with Gasteiger partial charge in [-0.15, -0.1) is 0 Å². The number of aliphatic hydroxyl groups is 1. The second kappa shape index (κ2) is 7.71. The van der Waals surface area contributed by atoms with Gasteiger partial charge in [0.1, 0.15) is 5.82 Å². The van der Waals surface area contributed by atoms with Gasteiger partial charge in [0, 0.05) is 30.9 Å². The second-order valence-corrected chi connectivity index (χ2v) is 6.68. The van der Waals surface area contributed by atoms with Gasteiger partial charge in [0.05, 0.1) is 19.3 Å². The van der Waals surface area contributed by atoms with E-state index in [-0.39, 0.29) is 24.6 Å². The Kier molecular flexibility index (Phi) is 5.64. The van der Waals surface area contributed by atoms with Crippen molar-refractivity contribution in [3.8, 4) is 0 Å². The number of ether oxygens (including phenoxy) is 2. The molecule has 0 spiro atoms. The molecule has 1 unspecified atom stereocenters. The number of β-amino-alcohol motifs (C(OH)–C–C–N with tert-alkyl or cyclic N) is 1. The quantitative estimate of drug-likeness (QED) is 0.770. The number of halogens is 1. The molecule has 23 heavy (non-hydrogen) atoms. The van der Waals surface area contributed by atoms with Crippen molar-refractivity contribution in [1.29, 1.82) is 0 Å². The lowest BCUT2D eigenvalue weighted by Crippen LogP contribution is -2.53. The number of benzene rings is 1. The smallest absolute Gasteiger partial charge is 0.128 e. The van der Waals surface area contributed by atoms with Gasteiger partial charge in [0.2, 0.25) is 0 Å². The van der Waals surface area contributed by atoms with Crippen LogP contribution in [0.4, 0.5) is 4.39 Å². The van der Waals surface area contributed by atoms with Crippen LogP contribution in [0.2, 0.25) is 0 Å². The van der Waals surface area contributed by atoms with Crippen molar-refractivity contribution in [2.75, 3.05) is 26.4 Å². The van der Waals surface area contributed by atoms with E-state index in [0.29, 0.717) is 12.1 Å². The monoisotopic (exact) mass is 323 g/mol. The summed E-state index contributed by atoms with van der Waals surface area (Å²) in [6, 6.07) is 6.55. The van der Waals surface area contributed by atoms with E-state index in [9.17, 15) is 9.50 Å². The van der Waals surface area contributed by atoms with Crippen molar-refractivity contribution >= 4 is 0 Å². The van der Waals surface area contributed by atoms with Crippen molar-refractivity contribution in [3.63, 3.8) is 0 Å². The number of hydrogen-bond donors (Lipinski definition) is 2. The first-order valence-corrected chi connectivity index (χ1v) is 8.52. The highest BCUT2D eigenvalue weighted by atomic mass is 19.1. The molecule has 1 heterocycles. The molecule has 1 aromatic rings. The summed E-state index contributed by atoms with van der Waals surface area (Å²) >= 11 is 0. The fourth-order valence-corrected chi connectivity index (χ4v) is 3.40. The van der Waals surface area contributed by atoms with Crippen LogP contribution < -0.4 is 5.32 Å². The maximum absolute atomic E-state index is 13.5. The summed E-state index contributed by atoms with van der Waals surface area (Å²) in [5.74, 6) is 0.452. The SMILES string of the molecule is OC(CNC1(C2CC2)CCOCC1)COCc1ccccc1F. The minimum Gasteiger partial charge on any atom is -0.389 e. The fourth-order valence-electron chi connectivity index (χ4n) is 3.40. The molecule has 2 aliphatic rings. The summed E-state index contributed by atoms with van der Waals surface area (Å²) in [4.78, 5) is 0. The molecule has 0 aromatic heterocycles. The Morgan fingerprint density at radius 2 is 2.04 bits per heavy atom. The normalized spacial score (nSPS) is 22.0. The van der Waals surface area contributed by atoms with E-state index in [1.807, 2.05) is 0 Å². The predicted octanol–water partition coefficient (Wildman–Crippen LogP) is 2.25. The summed E-state index contributed by atoms with van der Waals surface area (Å²) in [6.45, 7) is 2.49. The molecule has 3 rings (SSSR count). The van der Waals surface area contributed by atoms with E-state index in [1.165, 1.54) is 18.9 Å². The van der Waals surface area contributed by atoms with Crippen LogP contribution in [0.15, 0.2) is 24.3 Å². The third kappa shape index (κ3) is 4.51. The molecular formula is C18H26FNO3. The van der Waals surface area contributed by atoms with E-state index in [1.54, 1.807) is 18.2 Å². The van der Waals surface area contributed by atoms with Crippen LogP contribution in [-0.4, -0.2) is 43.1 Å². The third-order valence-corrected chi connectivity index (χ3v) is 4.96. The Morgan fingerprint density at radius 1 is 1.30 bits per heavy atom. The summed E-state index contributed by atoms with van der Waals surface area (Å²) < 4.78 is 24.4. The molecule has 2 N–H and O–H groups in total. The van der Waals surface area contributed by atoms with E-state index in [4.69, 9.17) is 9.47 Å². The summed E-state index contributed by atoms with van der Waals surface area (Å²) in [7, 11) is 0. The molecule has 4 nitrogen and oxygen atoms in total. The first-order valence-electron chi connectivity index (χ1n) is 8.52. The van der Waals surface area contributed by atoms with Crippen LogP contribution in [0, 0.1) is 11.7 Å². The van der Waals surface area contributed by atoms with Crippen LogP contribution in [-0.2, 0) is 16.1 Å². The first-order chi connectivity index (χ1) is 11.2. The van der Waals surface area contributed by atoms with Crippen LogP contribution in [0.3, 0.4) is 0 Å². The van der Waals surface area contributed by atoms with E-state index in [0.717, 1.165) is 32.0 Å². The Hall–Kier alpha value is -1.01. The number of hydrogen-bond acceptors (Lipinski definition) is 4. The van der Waals surface area contributed by atoms with Crippen molar-refractivity contribution in [1.82, 2.24) is 5.32 Å². The molecule has 1 aromatic carbocycles. The van der Waals surface area contributed by atoms with Gasteiger partial charge in [-0.1, -0.05) is 18.2 Å². The molecule has 1 saturated carbocycles. The standard InChI is InChI=1S/C18H26FNO3/c19-17-4-2-1-3-14(17)12-23-13-16(21)11-20-18(15-5-6-15)7-9-22-10-8-18/h1-4,15-16,20-21H,5-13H2. The fraction of sp³-hybridized carbons (Fsp3) is 0.667. The molecule has 0 amide bonds. The Bertz CT molecular complexity index is 501. The minimum atomic E-state index is -0.583. The Morgan fingerprint density at radius 3 is 2.74 bits per heavy atom. The molecular weight excluding hydrogens is 297 g/mol. The lowest BCUT2D eigenvalue weighted by atomic mass is 9.84. The molecule has 0 bridgehead atoms. The largest absolute Gasteiger partial charge is 0.389 e.